The SMILES string of the molecule is COCCCN1C(=O)C(=O)/C(=C(/O)c2c(C)nc3ccccn23)C1c1ccc(OCc2ccccc2)cc1. The first-order valence-corrected chi connectivity index (χ1v) is 12.5. The van der Waals surface area contributed by atoms with Gasteiger partial charge in [-0.2, -0.15) is 0 Å². The Bertz CT molecular complexity index is 1490. The van der Waals surface area contributed by atoms with Crippen molar-refractivity contribution >= 4 is 23.1 Å². The topological polar surface area (TPSA) is 93.4 Å². The van der Waals surface area contributed by atoms with Gasteiger partial charge >= 0.3 is 0 Å². The molecule has 1 amide bonds. The summed E-state index contributed by atoms with van der Waals surface area (Å²) >= 11 is 0. The summed E-state index contributed by atoms with van der Waals surface area (Å²) in [5.41, 5.74) is 3.37. The Morgan fingerprint density at radius 1 is 1.00 bits per heavy atom. The van der Waals surface area contributed by atoms with Gasteiger partial charge in [0.15, 0.2) is 5.76 Å². The summed E-state index contributed by atoms with van der Waals surface area (Å²) in [5, 5.41) is 11.5. The van der Waals surface area contributed by atoms with Gasteiger partial charge in [-0.15, -0.1) is 0 Å². The summed E-state index contributed by atoms with van der Waals surface area (Å²) in [7, 11) is 1.59. The van der Waals surface area contributed by atoms with E-state index in [4.69, 9.17) is 9.47 Å². The highest BCUT2D eigenvalue weighted by Crippen LogP contribution is 2.40. The minimum Gasteiger partial charge on any atom is -0.505 e. The molecule has 1 aliphatic heterocycles. The van der Waals surface area contributed by atoms with Crippen LogP contribution in [0.15, 0.2) is 84.6 Å². The summed E-state index contributed by atoms with van der Waals surface area (Å²) in [6.07, 6.45) is 2.32. The number of carbonyl (C=O) groups is 2. The van der Waals surface area contributed by atoms with Crippen LogP contribution >= 0.6 is 0 Å². The highest BCUT2D eigenvalue weighted by Gasteiger charge is 2.46. The normalized spacial score (nSPS) is 16.9. The van der Waals surface area contributed by atoms with Gasteiger partial charge in [0.2, 0.25) is 0 Å². The number of aryl methyl sites for hydroxylation is 1. The van der Waals surface area contributed by atoms with E-state index in [1.54, 1.807) is 24.6 Å². The molecule has 5 rings (SSSR count). The average molecular weight is 512 g/mol. The zero-order valence-corrected chi connectivity index (χ0v) is 21.3. The number of hydrogen-bond donors (Lipinski definition) is 1. The Hall–Kier alpha value is -4.43. The van der Waals surface area contributed by atoms with Gasteiger partial charge in [0.05, 0.1) is 17.3 Å². The summed E-state index contributed by atoms with van der Waals surface area (Å²) in [5.74, 6) is -0.960. The van der Waals surface area contributed by atoms with Crippen molar-refractivity contribution in [2.75, 3.05) is 20.3 Å². The van der Waals surface area contributed by atoms with Crippen LogP contribution < -0.4 is 4.74 Å². The van der Waals surface area contributed by atoms with Crippen LogP contribution in [0, 0.1) is 6.92 Å². The Kier molecular flexibility index (Phi) is 7.24. The number of aliphatic hydroxyl groups is 1. The molecule has 0 aliphatic carbocycles. The van der Waals surface area contributed by atoms with Gasteiger partial charge in [-0.3, -0.25) is 14.0 Å². The molecule has 2 aromatic heterocycles. The number of amides is 1. The number of likely N-dealkylation sites (tertiary alicyclic amines) is 1. The van der Waals surface area contributed by atoms with E-state index < -0.39 is 17.7 Å². The van der Waals surface area contributed by atoms with Crippen LogP contribution in [-0.2, 0) is 20.9 Å². The number of aromatic nitrogens is 2. The predicted molar refractivity (Wildman–Crippen MR) is 143 cm³/mol. The van der Waals surface area contributed by atoms with Crippen molar-refractivity contribution < 1.29 is 24.2 Å². The summed E-state index contributed by atoms with van der Waals surface area (Å²) in [6, 6.07) is 21.9. The van der Waals surface area contributed by atoms with Crippen LogP contribution in [0.4, 0.5) is 0 Å². The molecular formula is C30H29N3O5. The van der Waals surface area contributed by atoms with Crippen LogP contribution in [-0.4, -0.2) is 51.3 Å². The lowest BCUT2D eigenvalue weighted by Crippen LogP contribution is -2.31. The minimum absolute atomic E-state index is 0.0409. The number of methoxy groups -OCH3 is 1. The molecule has 194 valence electrons. The molecule has 1 saturated heterocycles. The molecule has 0 spiro atoms. The van der Waals surface area contributed by atoms with E-state index in [1.807, 2.05) is 72.8 Å². The fourth-order valence-electron chi connectivity index (χ4n) is 4.85. The molecule has 8 heteroatoms. The molecule has 2 aromatic carbocycles. The molecule has 1 atom stereocenters. The number of Topliss-reactive ketones (excluding diaryl/α,β-unsaturated/α-hetero) is 1. The number of hydrogen-bond acceptors (Lipinski definition) is 6. The quantitative estimate of drug-likeness (QED) is 0.152. The molecule has 0 saturated carbocycles. The van der Waals surface area contributed by atoms with Gasteiger partial charge in [0.25, 0.3) is 11.7 Å². The maximum absolute atomic E-state index is 13.3. The number of fused-ring (bicyclic) bond motifs is 1. The zero-order chi connectivity index (χ0) is 26.6. The van der Waals surface area contributed by atoms with Crippen molar-refractivity contribution in [3.63, 3.8) is 0 Å². The van der Waals surface area contributed by atoms with Crippen LogP contribution in [0.1, 0.15) is 35.0 Å². The van der Waals surface area contributed by atoms with E-state index in [0.29, 0.717) is 54.5 Å². The number of benzene rings is 2. The number of ketones is 1. The van der Waals surface area contributed by atoms with E-state index in [9.17, 15) is 14.7 Å². The minimum atomic E-state index is -0.760. The molecule has 1 N–H and O–H groups in total. The van der Waals surface area contributed by atoms with E-state index in [2.05, 4.69) is 4.98 Å². The number of aliphatic hydroxyl groups excluding tert-OH is 1. The monoisotopic (exact) mass is 511 g/mol. The van der Waals surface area contributed by atoms with Crippen LogP contribution in [0.25, 0.3) is 11.4 Å². The van der Waals surface area contributed by atoms with Crippen LogP contribution in [0.5, 0.6) is 5.75 Å². The summed E-state index contributed by atoms with van der Waals surface area (Å²) < 4.78 is 12.8. The highest BCUT2D eigenvalue weighted by molar-refractivity contribution is 6.46. The van der Waals surface area contributed by atoms with Crippen molar-refractivity contribution in [2.24, 2.45) is 0 Å². The lowest BCUT2D eigenvalue weighted by Gasteiger charge is -2.25. The van der Waals surface area contributed by atoms with Crippen LogP contribution in [0.2, 0.25) is 0 Å². The van der Waals surface area contributed by atoms with E-state index in [0.717, 1.165) is 5.56 Å². The second-order valence-corrected chi connectivity index (χ2v) is 9.16. The fourth-order valence-corrected chi connectivity index (χ4v) is 4.85. The Labute approximate surface area is 220 Å². The van der Waals surface area contributed by atoms with E-state index in [1.165, 1.54) is 4.90 Å². The molecule has 1 fully saturated rings. The maximum atomic E-state index is 13.3. The Morgan fingerprint density at radius 2 is 1.74 bits per heavy atom. The fraction of sp³-hybridized carbons (Fsp3) is 0.233. The Morgan fingerprint density at radius 3 is 2.47 bits per heavy atom. The molecule has 1 aliphatic rings. The second-order valence-electron chi connectivity index (χ2n) is 9.16. The first-order valence-electron chi connectivity index (χ1n) is 12.5. The Balaban J connectivity index is 1.53. The first kappa shape index (κ1) is 25.2. The second kappa shape index (κ2) is 10.9. The number of imidazole rings is 1. The molecule has 0 radical (unpaired) electrons. The number of pyridine rings is 1. The molecular weight excluding hydrogens is 482 g/mol. The van der Waals surface area contributed by atoms with Crippen molar-refractivity contribution in [1.82, 2.24) is 14.3 Å². The molecule has 0 bridgehead atoms. The third kappa shape index (κ3) is 4.78. The van der Waals surface area contributed by atoms with E-state index in [-0.39, 0.29) is 11.3 Å². The third-order valence-corrected chi connectivity index (χ3v) is 6.66. The van der Waals surface area contributed by atoms with Crippen molar-refractivity contribution in [1.29, 1.82) is 0 Å². The molecule has 38 heavy (non-hydrogen) atoms. The summed E-state index contributed by atoms with van der Waals surface area (Å²) in [4.78, 5) is 32.5. The van der Waals surface area contributed by atoms with Gasteiger partial charge in [-0.05, 0) is 48.7 Å². The standard InChI is InChI=1S/C30H29N3O5/c1-20-26(32-16-7-6-11-24(32)31-20)28(34)25-27(33(17-8-18-37-2)30(36)29(25)35)22-12-14-23(15-13-22)38-19-21-9-4-3-5-10-21/h3-7,9-16,27,34H,8,17-19H2,1-2H3/b28-25+. The molecule has 1 unspecified atom stereocenters. The lowest BCUT2D eigenvalue weighted by molar-refractivity contribution is -0.140. The number of carbonyl (C=O) groups excluding carboxylic acids is 2. The van der Waals surface area contributed by atoms with Gasteiger partial charge < -0.3 is 19.5 Å². The van der Waals surface area contributed by atoms with E-state index >= 15 is 0 Å². The van der Waals surface area contributed by atoms with Crippen molar-refractivity contribution in [3.8, 4) is 5.75 Å². The van der Waals surface area contributed by atoms with Gasteiger partial charge in [-0.1, -0.05) is 48.5 Å². The number of ether oxygens (including phenoxy) is 2. The zero-order valence-electron chi connectivity index (χ0n) is 21.3. The third-order valence-electron chi connectivity index (χ3n) is 6.66. The average Bonchev–Trinajstić information content (AvgIpc) is 3.41. The highest BCUT2D eigenvalue weighted by atomic mass is 16.5. The smallest absolute Gasteiger partial charge is 0.295 e. The molecule has 8 nitrogen and oxygen atoms in total. The van der Waals surface area contributed by atoms with Gasteiger partial charge in [0.1, 0.15) is 23.7 Å². The van der Waals surface area contributed by atoms with Crippen molar-refractivity contribution in [3.05, 3.63) is 107 Å². The number of nitrogens with zero attached hydrogens (tertiary/aromatic N) is 3. The predicted octanol–water partition coefficient (Wildman–Crippen LogP) is 4.68. The van der Waals surface area contributed by atoms with Gasteiger partial charge in [-0.25, -0.2) is 4.98 Å². The number of rotatable bonds is 9. The molecule has 3 heterocycles. The van der Waals surface area contributed by atoms with Gasteiger partial charge in [0, 0.05) is 26.5 Å². The summed E-state index contributed by atoms with van der Waals surface area (Å²) in [6.45, 7) is 2.93. The maximum Gasteiger partial charge on any atom is 0.295 e. The van der Waals surface area contributed by atoms with Crippen LogP contribution in [0.3, 0.4) is 0 Å². The van der Waals surface area contributed by atoms with Crippen molar-refractivity contribution in [2.45, 2.75) is 26.0 Å². The first-order chi connectivity index (χ1) is 18.5. The lowest BCUT2D eigenvalue weighted by atomic mass is 9.96. The molecule has 4 aromatic rings. The largest absolute Gasteiger partial charge is 0.505 e.